The van der Waals surface area contributed by atoms with Gasteiger partial charge < -0.3 is 9.42 Å². The first kappa shape index (κ1) is 25.8. The summed E-state index contributed by atoms with van der Waals surface area (Å²) in [5.74, 6) is -1.31. The maximum absolute atomic E-state index is 14.3. The molecule has 1 saturated heterocycles. The number of benzene rings is 3. The summed E-state index contributed by atoms with van der Waals surface area (Å²) in [4.78, 5) is 43.3. The van der Waals surface area contributed by atoms with E-state index in [1.54, 1.807) is 74.5 Å². The summed E-state index contributed by atoms with van der Waals surface area (Å²) in [7, 11) is 0. The fourth-order valence-electron chi connectivity index (χ4n) is 4.85. The number of halogens is 3. The second kappa shape index (κ2) is 9.81. The Labute approximate surface area is 227 Å². The highest BCUT2D eigenvalue weighted by Gasteiger charge is 2.55. The van der Waals surface area contributed by atoms with Crippen molar-refractivity contribution in [2.75, 3.05) is 11.4 Å². The topological polar surface area (TPSA) is 80.7 Å². The minimum absolute atomic E-state index is 0.147. The first-order valence-electron chi connectivity index (χ1n) is 11.8. The van der Waals surface area contributed by atoms with Crippen molar-refractivity contribution >= 4 is 34.9 Å². The Morgan fingerprint density at radius 1 is 0.895 bits per heavy atom. The van der Waals surface area contributed by atoms with Gasteiger partial charge in [-0.3, -0.25) is 4.90 Å². The highest BCUT2D eigenvalue weighted by Crippen LogP contribution is 2.42. The van der Waals surface area contributed by atoms with Crippen molar-refractivity contribution in [2.45, 2.75) is 32.0 Å². The molecule has 1 atom stereocenters. The van der Waals surface area contributed by atoms with E-state index in [1.807, 2.05) is 0 Å². The minimum atomic E-state index is -1.08. The zero-order valence-corrected chi connectivity index (χ0v) is 22.0. The maximum atomic E-state index is 14.3. The molecule has 38 heavy (non-hydrogen) atoms. The van der Waals surface area contributed by atoms with Crippen LogP contribution in [0.25, 0.3) is 5.69 Å². The predicted octanol–water partition coefficient (Wildman–Crippen LogP) is 5.50. The lowest BCUT2D eigenvalue weighted by atomic mass is 9.99. The lowest BCUT2D eigenvalue weighted by Gasteiger charge is -2.34. The number of hydrogen-bond donors (Lipinski definition) is 0. The van der Waals surface area contributed by atoms with E-state index < -0.39 is 29.2 Å². The van der Waals surface area contributed by atoms with Crippen LogP contribution in [0.1, 0.15) is 25.6 Å². The first-order chi connectivity index (χ1) is 18.1. The first-order valence-corrected chi connectivity index (χ1v) is 12.6. The molecule has 1 aromatic heterocycles. The number of carbonyl (C=O) groups excluding carboxylic acids is 1. The van der Waals surface area contributed by atoms with Gasteiger partial charge in [0.2, 0.25) is 0 Å². The summed E-state index contributed by atoms with van der Waals surface area (Å²) in [6, 6.07) is 18.7. The number of nitrogens with zero attached hydrogens (tertiary/aromatic N) is 4. The molecule has 5 rings (SSSR count). The van der Waals surface area contributed by atoms with Gasteiger partial charge in [-0.2, -0.15) is 4.57 Å². The molecular weight excluding hydrogens is 534 g/mol. The molecule has 2 amide bonds. The summed E-state index contributed by atoms with van der Waals surface area (Å²) in [5.41, 5.74) is -0.789. The largest absolute Gasteiger partial charge is 0.447 e. The molecule has 1 aliphatic rings. The molecule has 0 spiro atoms. The zero-order chi connectivity index (χ0) is 27.2. The Kier molecular flexibility index (Phi) is 6.66. The Bertz CT molecular complexity index is 1640. The number of amides is 2. The van der Waals surface area contributed by atoms with Crippen LogP contribution in [-0.2, 0) is 6.42 Å². The number of hydrogen-bond acceptors (Lipinski definition) is 4. The van der Waals surface area contributed by atoms with Gasteiger partial charge in [0.1, 0.15) is 5.82 Å². The molecule has 0 bridgehead atoms. The predicted molar refractivity (Wildman–Crippen MR) is 143 cm³/mol. The van der Waals surface area contributed by atoms with Crippen LogP contribution >= 0.6 is 23.2 Å². The highest BCUT2D eigenvalue weighted by atomic mass is 35.5. The molecule has 1 aliphatic heterocycles. The summed E-state index contributed by atoms with van der Waals surface area (Å²) in [6.45, 7) is 3.66. The van der Waals surface area contributed by atoms with Gasteiger partial charge >= 0.3 is 17.5 Å². The van der Waals surface area contributed by atoms with Crippen LogP contribution in [0.5, 0.6) is 0 Å². The zero-order valence-electron chi connectivity index (χ0n) is 20.5. The normalized spacial score (nSPS) is 16.9. The molecule has 0 aliphatic carbocycles. The summed E-state index contributed by atoms with van der Waals surface area (Å²) in [6.07, 6.45) is -0.838. The summed E-state index contributed by atoms with van der Waals surface area (Å²) >= 11 is 12.3. The maximum Gasteiger partial charge on any atom is 0.447 e. The van der Waals surface area contributed by atoms with Gasteiger partial charge in [0.25, 0.3) is 0 Å². The molecule has 0 saturated carbocycles. The third-order valence-corrected chi connectivity index (χ3v) is 7.16. The highest BCUT2D eigenvalue weighted by molar-refractivity contribution is 6.31. The van der Waals surface area contributed by atoms with Crippen LogP contribution in [0.3, 0.4) is 0 Å². The van der Waals surface area contributed by atoms with Crippen LogP contribution in [0.15, 0.2) is 86.9 Å². The Hall–Kier alpha value is -3.82. The second-order valence-corrected chi connectivity index (χ2v) is 10.3. The fourth-order valence-corrected chi connectivity index (χ4v) is 5.22. The van der Waals surface area contributed by atoms with Crippen LogP contribution in [-0.4, -0.2) is 32.3 Å². The third-order valence-electron chi connectivity index (χ3n) is 6.69. The SMILES string of the molecule is CC1(C)[C@@H](n2oc(=O)n(-c3cccc(Cl)c3)c2=O)N(c2cccc(Cl)c2)C(=O)N1CCc1ccccc1F. The van der Waals surface area contributed by atoms with Crippen molar-refractivity contribution in [3.63, 3.8) is 0 Å². The lowest BCUT2D eigenvalue weighted by Crippen LogP contribution is -2.47. The number of urea groups is 1. The van der Waals surface area contributed by atoms with Gasteiger partial charge in [-0.15, -0.1) is 4.74 Å². The molecule has 3 aromatic carbocycles. The van der Waals surface area contributed by atoms with E-state index in [0.717, 1.165) is 9.31 Å². The van der Waals surface area contributed by atoms with E-state index in [0.29, 0.717) is 21.3 Å². The van der Waals surface area contributed by atoms with E-state index in [1.165, 1.54) is 21.9 Å². The molecule has 2 heterocycles. The number of rotatable bonds is 6. The molecular formula is C27H23Cl2FN4O4. The van der Waals surface area contributed by atoms with Crippen LogP contribution in [0, 0.1) is 5.82 Å². The molecule has 4 aromatic rings. The third kappa shape index (κ3) is 4.41. The van der Waals surface area contributed by atoms with E-state index in [9.17, 15) is 18.8 Å². The van der Waals surface area contributed by atoms with E-state index >= 15 is 0 Å². The van der Waals surface area contributed by atoms with Crippen LogP contribution in [0.4, 0.5) is 14.9 Å². The van der Waals surface area contributed by atoms with E-state index in [-0.39, 0.29) is 24.5 Å². The summed E-state index contributed by atoms with van der Waals surface area (Å²) < 4.78 is 21.6. The summed E-state index contributed by atoms with van der Waals surface area (Å²) in [5, 5.41) is 0.708. The Balaban J connectivity index is 1.63. The number of aromatic nitrogens is 2. The molecule has 8 nitrogen and oxygen atoms in total. The Morgan fingerprint density at radius 3 is 2.18 bits per heavy atom. The lowest BCUT2D eigenvalue weighted by molar-refractivity contribution is 0.0974. The molecule has 0 radical (unpaired) electrons. The quantitative estimate of drug-likeness (QED) is 0.314. The van der Waals surface area contributed by atoms with Gasteiger partial charge in [0.15, 0.2) is 6.17 Å². The monoisotopic (exact) mass is 556 g/mol. The van der Waals surface area contributed by atoms with Crippen molar-refractivity contribution in [1.82, 2.24) is 14.2 Å². The van der Waals surface area contributed by atoms with Crippen LogP contribution in [0.2, 0.25) is 10.0 Å². The minimum Gasteiger partial charge on any atom is -0.315 e. The molecule has 196 valence electrons. The number of carbonyl (C=O) groups is 1. The van der Waals surface area contributed by atoms with Gasteiger partial charge in [-0.1, -0.05) is 53.5 Å². The standard InChI is InChI=1S/C27H23Cl2FN4O4/c1-27(2)23(34-25(36)33(26(37)38-34)21-11-6-9-19(29)16-21)32(20-10-5-8-18(28)15-20)24(35)31(27)14-13-17-7-3-4-12-22(17)30/h3-12,15-16,23H,13-14H2,1-2H3/t23-/m1/s1. The van der Waals surface area contributed by atoms with Gasteiger partial charge in [-0.05, 0) is 68.3 Å². The van der Waals surface area contributed by atoms with Crippen LogP contribution < -0.4 is 16.3 Å². The Morgan fingerprint density at radius 2 is 1.53 bits per heavy atom. The molecule has 0 unspecified atom stereocenters. The van der Waals surface area contributed by atoms with Crippen molar-refractivity contribution in [1.29, 1.82) is 0 Å². The van der Waals surface area contributed by atoms with E-state index in [2.05, 4.69) is 0 Å². The van der Waals surface area contributed by atoms with Crippen molar-refractivity contribution in [3.8, 4) is 5.69 Å². The van der Waals surface area contributed by atoms with Crippen molar-refractivity contribution in [3.05, 3.63) is 115 Å². The number of anilines is 1. The fraction of sp³-hybridized carbons (Fsp3) is 0.222. The van der Waals surface area contributed by atoms with Gasteiger partial charge in [0, 0.05) is 22.3 Å². The molecule has 11 heteroatoms. The average molecular weight is 557 g/mol. The van der Waals surface area contributed by atoms with Gasteiger partial charge in [0.05, 0.1) is 11.2 Å². The smallest absolute Gasteiger partial charge is 0.315 e. The second-order valence-electron chi connectivity index (χ2n) is 9.43. The molecule has 0 N–H and O–H groups in total. The van der Waals surface area contributed by atoms with Gasteiger partial charge in [-0.25, -0.2) is 18.8 Å². The van der Waals surface area contributed by atoms with Crippen molar-refractivity contribution in [2.24, 2.45) is 0 Å². The van der Waals surface area contributed by atoms with E-state index in [4.69, 9.17) is 27.7 Å². The average Bonchev–Trinajstić information content (AvgIpc) is 3.26. The molecule has 1 fully saturated rings. The van der Waals surface area contributed by atoms with Crippen molar-refractivity contribution < 1.29 is 13.7 Å².